The standard InChI is InChI=1S/C15H16ClN3O2/c1-9-7-17-10(2)15(19-9)18-8-11-5-12(16)14-13(6-11)20-3-4-21-14/h5-7H,3-4,8H2,1-2H3,(H,18,19). The van der Waals surface area contributed by atoms with Crippen LogP contribution in [-0.4, -0.2) is 23.2 Å². The predicted molar refractivity (Wildman–Crippen MR) is 81.3 cm³/mol. The lowest BCUT2D eigenvalue weighted by atomic mass is 10.2. The Kier molecular flexibility index (Phi) is 3.84. The van der Waals surface area contributed by atoms with Crippen LogP contribution in [-0.2, 0) is 6.54 Å². The minimum atomic E-state index is 0.530. The van der Waals surface area contributed by atoms with Gasteiger partial charge in [0, 0.05) is 12.7 Å². The van der Waals surface area contributed by atoms with Gasteiger partial charge in [-0.1, -0.05) is 11.6 Å². The van der Waals surface area contributed by atoms with Crippen molar-refractivity contribution >= 4 is 17.4 Å². The van der Waals surface area contributed by atoms with E-state index in [2.05, 4.69) is 15.3 Å². The van der Waals surface area contributed by atoms with Crippen molar-refractivity contribution in [3.63, 3.8) is 0 Å². The Morgan fingerprint density at radius 3 is 2.90 bits per heavy atom. The summed E-state index contributed by atoms with van der Waals surface area (Å²) in [7, 11) is 0. The molecule has 0 atom stereocenters. The molecule has 3 rings (SSSR count). The first-order chi connectivity index (χ1) is 10.1. The lowest BCUT2D eigenvalue weighted by Gasteiger charge is -2.20. The summed E-state index contributed by atoms with van der Waals surface area (Å²) in [6, 6.07) is 3.81. The van der Waals surface area contributed by atoms with Gasteiger partial charge in [-0.05, 0) is 31.5 Å². The molecule has 0 aliphatic carbocycles. The van der Waals surface area contributed by atoms with E-state index in [-0.39, 0.29) is 0 Å². The van der Waals surface area contributed by atoms with Crippen LogP contribution >= 0.6 is 11.6 Å². The fraction of sp³-hybridized carbons (Fsp3) is 0.333. The molecule has 0 unspecified atom stereocenters. The zero-order valence-electron chi connectivity index (χ0n) is 11.9. The summed E-state index contributed by atoms with van der Waals surface area (Å²) in [4.78, 5) is 8.72. The fourth-order valence-corrected chi connectivity index (χ4v) is 2.44. The Hall–Kier alpha value is -2.01. The van der Waals surface area contributed by atoms with Gasteiger partial charge >= 0.3 is 0 Å². The Morgan fingerprint density at radius 2 is 2.05 bits per heavy atom. The molecule has 1 aromatic carbocycles. The summed E-state index contributed by atoms with van der Waals surface area (Å²) in [5.41, 5.74) is 2.75. The van der Waals surface area contributed by atoms with Crippen LogP contribution < -0.4 is 14.8 Å². The normalized spacial score (nSPS) is 13.1. The van der Waals surface area contributed by atoms with Gasteiger partial charge in [0.25, 0.3) is 0 Å². The van der Waals surface area contributed by atoms with E-state index < -0.39 is 0 Å². The van der Waals surface area contributed by atoms with Crippen LogP contribution in [0.2, 0.25) is 5.02 Å². The van der Waals surface area contributed by atoms with Crippen LogP contribution in [0.3, 0.4) is 0 Å². The lowest BCUT2D eigenvalue weighted by Crippen LogP contribution is -2.16. The number of nitrogens with zero attached hydrogens (tertiary/aromatic N) is 2. The molecule has 0 fully saturated rings. The molecule has 6 heteroatoms. The molecular weight excluding hydrogens is 290 g/mol. The maximum atomic E-state index is 6.22. The first-order valence-corrected chi connectivity index (χ1v) is 7.13. The van der Waals surface area contributed by atoms with Crippen molar-refractivity contribution in [1.82, 2.24) is 9.97 Å². The molecule has 1 aliphatic rings. The summed E-state index contributed by atoms with van der Waals surface area (Å²) < 4.78 is 11.1. The van der Waals surface area contributed by atoms with Crippen LogP contribution in [0.15, 0.2) is 18.3 Å². The van der Waals surface area contributed by atoms with Gasteiger partial charge in [0.15, 0.2) is 11.5 Å². The van der Waals surface area contributed by atoms with Crippen LogP contribution in [0, 0.1) is 13.8 Å². The van der Waals surface area contributed by atoms with E-state index in [4.69, 9.17) is 21.1 Å². The molecule has 1 aliphatic heterocycles. The molecule has 0 radical (unpaired) electrons. The van der Waals surface area contributed by atoms with Crippen molar-refractivity contribution in [2.75, 3.05) is 18.5 Å². The summed E-state index contributed by atoms with van der Waals surface area (Å²) in [6.07, 6.45) is 1.75. The summed E-state index contributed by atoms with van der Waals surface area (Å²) >= 11 is 6.22. The highest BCUT2D eigenvalue weighted by atomic mass is 35.5. The van der Waals surface area contributed by atoms with Crippen LogP contribution in [0.1, 0.15) is 17.0 Å². The van der Waals surface area contributed by atoms with Gasteiger partial charge in [-0.15, -0.1) is 0 Å². The minimum absolute atomic E-state index is 0.530. The van der Waals surface area contributed by atoms with Crippen molar-refractivity contribution in [1.29, 1.82) is 0 Å². The van der Waals surface area contributed by atoms with Gasteiger partial charge in [-0.3, -0.25) is 4.98 Å². The second-order valence-electron chi connectivity index (χ2n) is 4.90. The third-order valence-electron chi connectivity index (χ3n) is 3.19. The molecule has 110 valence electrons. The average Bonchev–Trinajstić information content (AvgIpc) is 2.48. The number of hydrogen-bond acceptors (Lipinski definition) is 5. The monoisotopic (exact) mass is 305 g/mol. The smallest absolute Gasteiger partial charge is 0.179 e. The second kappa shape index (κ2) is 5.77. The predicted octanol–water partition coefficient (Wildman–Crippen LogP) is 3.13. The Balaban J connectivity index is 1.79. The van der Waals surface area contributed by atoms with Crippen LogP contribution in [0.5, 0.6) is 11.5 Å². The highest BCUT2D eigenvalue weighted by Gasteiger charge is 2.16. The number of benzene rings is 1. The maximum Gasteiger partial charge on any atom is 0.179 e. The molecule has 0 amide bonds. The molecule has 1 N–H and O–H groups in total. The average molecular weight is 306 g/mol. The zero-order valence-corrected chi connectivity index (χ0v) is 12.7. The molecule has 0 bridgehead atoms. The zero-order chi connectivity index (χ0) is 14.8. The van der Waals surface area contributed by atoms with Crippen molar-refractivity contribution in [2.24, 2.45) is 0 Å². The van der Waals surface area contributed by atoms with Crippen LogP contribution in [0.25, 0.3) is 0 Å². The van der Waals surface area contributed by atoms with Gasteiger partial charge < -0.3 is 14.8 Å². The first-order valence-electron chi connectivity index (χ1n) is 6.75. The van der Waals surface area contributed by atoms with E-state index in [0.717, 1.165) is 22.8 Å². The van der Waals surface area contributed by atoms with Crippen molar-refractivity contribution in [3.05, 3.63) is 40.3 Å². The van der Waals surface area contributed by atoms with Gasteiger partial charge in [0.05, 0.1) is 16.4 Å². The molecule has 1 aromatic heterocycles. The molecule has 0 saturated heterocycles. The molecule has 2 heterocycles. The second-order valence-corrected chi connectivity index (χ2v) is 5.31. The number of hydrogen-bond donors (Lipinski definition) is 1. The van der Waals surface area contributed by atoms with Crippen molar-refractivity contribution in [2.45, 2.75) is 20.4 Å². The highest BCUT2D eigenvalue weighted by Crippen LogP contribution is 2.38. The SMILES string of the molecule is Cc1cnc(C)c(NCc2cc(Cl)c3c(c2)OCCO3)n1. The van der Waals surface area contributed by atoms with Gasteiger partial charge in [0.1, 0.15) is 19.0 Å². The number of fused-ring (bicyclic) bond motifs is 1. The number of rotatable bonds is 3. The minimum Gasteiger partial charge on any atom is -0.486 e. The maximum absolute atomic E-state index is 6.22. The largest absolute Gasteiger partial charge is 0.486 e. The van der Waals surface area contributed by atoms with E-state index in [1.54, 1.807) is 6.20 Å². The summed E-state index contributed by atoms with van der Waals surface area (Å²) in [5.74, 6) is 2.09. The fourth-order valence-electron chi connectivity index (χ4n) is 2.16. The molecule has 2 aromatic rings. The molecule has 21 heavy (non-hydrogen) atoms. The number of halogens is 1. The van der Waals surface area contributed by atoms with Crippen molar-refractivity contribution < 1.29 is 9.47 Å². The van der Waals surface area contributed by atoms with Gasteiger partial charge in [0.2, 0.25) is 0 Å². The van der Waals surface area contributed by atoms with E-state index in [9.17, 15) is 0 Å². The highest BCUT2D eigenvalue weighted by molar-refractivity contribution is 6.32. The van der Waals surface area contributed by atoms with E-state index in [0.29, 0.717) is 36.3 Å². The summed E-state index contributed by atoms with van der Waals surface area (Å²) in [6.45, 7) is 5.50. The molecule has 0 saturated carbocycles. The van der Waals surface area contributed by atoms with Gasteiger partial charge in [-0.2, -0.15) is 0 Å². The Labute approximate surface area is 128 Å². The number of aromatic nitrogens is 2. The number of ether oxygens (including phenoxy) is 2. The third-order valence-corrected chi connectivity index (χ3v) is 3.47. The summed E-state index contributed by atoms with van der Waals surface area (Å²) in [5, 5.41) is 3.84. The number of anilines is 1. The molecule has 0 spiro atoms. The first kappa shape index (κ1) is 13.9. The van der Waals surface area contributed by atoms with E-state index in [1.807, 2.05) is 26.0 Å². The molecule has 5 nitrogen and oxygen atoms in total. The van der Waals surface area contributed by atoms with Gasteiger partial charge in [-0.25, -0.2) is 4.98 Å². The molecular formula is C15H16ClN3O2. The Morgan fingerprint density at radius 1 is 1.24 bits per heavy atom. The third kappa shape index (κ3) is 3.03. The number of aryl methyl sites for hydroxylation is 2. The van der Waals surface area contributed by atoms with E-state index >= 15 is 0 Å². The Bertz CT molecular complexity index is 676. The number of nitrogens with one attached hydrogen (secondary N) is 1. The quantitative estimate of drug-likeness (QED) is 0.944. The topological polar surface area (TPSA) is 56.3 Å². The lowest BCUT2D eigenvalue weighted by molar-refractivity contribution is 0.171. The van der Waals surface area contributed by atoms with Crippen LogP contribution in [0.4, 0.5) is 5.82 Å². The van der Waals surface area contributed by atoms with Crippen molar-refractivity contribution in [3.8, 4) is 11.5 Å². The van der Waals surface area contributed by atoms with E-state index in [1.165, 1.54) is 0 Å².